The minimum atomic E-state index is -0.324. The number of nitrogens with one attached hydrogen (secondary N) is 1. The highest BCUT2D eigenvalue weighted by atomic mass is 32.2. The fourth-order valence-electron chi connectivity index (χ4n) is 3.32. The molecule has 1 aromatic carbocycles. The Morgan fingerprint density at radius 1 is 1.25 bits per heavy atom. The minimum absolute atomic E-state index is 0.00890. The highest BCUT2D eigenvalue weighted by Crippen LogP contribution is 2.34. The lowest BCUT2D eigenvalue weighted by atomic mass is 10.1. The third-order valence-electron chi connectivity index (χ3n) is 4.97. The molecular weight excluding hydrogens is 376 g/mol. The summed E-state index contributed by atoms with van der Waals surface area (Å²) in [6.07, 6.45) is 6.97. The Balaban J connectivity index is 1.88. The van der Waals surface area contributed by atoms with Gasteiger partial charge in [-0.2, -0.15) is 0 Å². The van der Waals surface area contributed by atoms with Gasteiger partial charge in [-0.05, 0) is 49.6 Å². The van der Waals surface area contributed by atoms with Crippen LogP contribution in [0.3, 0.4) is 0 Å². The van der Waals surface area contributed by atoms with Crippen LogP contribution in [0.15, 0.2) is 23.1 Å². The number of benzene rings is 1. The van der Waals surface area contributed by atoms with Crippen molar-refractivity contribution in [2.75, 3.05) is 5.75 Å². The first-order chi connectivity index (χ1) is 13.6. The van der Waals surface area contributed by atoms with Gasteiger partial charge in [0.05, 0.1) is 0 Å². The van der Waals surface area contributed by atoms with E-state index in [1.165, 1.54) is 0 Å². The number of thioether (sulfide) groups is 1. The number of fused-ring (bicyclic) bond motifs is 1. The van der Waals surface area contributed by atoms with Gasteiger partial charge >= 0.3 is 0 Å². The van der Waals surface area contributed by atoms with E-state index in [-0.39, 0.29) is 24.3 Å². The Hall–Kier alpha value is -2.15. The second-order valence-electron chi connectivity index (χ2n) is 7.01. The molecule has 152 valence electrons. The van der Waals surface area contributed by atoms with E-state index in [4.69, 9.17) is 0 Å². The monoisotopic (exact) mass is 404 g/mol. The largest absolute Gasteiger partial charge is 0.332 e. The van der Waals surface area contributed by atoms with Crippen LogP contribution in [0.2, 0.25) is 0 Å². The van der Waals surface area contributed by atoms with Gasteiger partial charge in [-0.3, -0.25) is 19.7 Å². The van der Waals surface area contributed by atoms with Crippen molar-refractivity contribution >= 4 is 36.3 Å². The number of imide groups is 1. The van der Waals surface area contributed by atoms with Gasteiger partial charge in [-0.25, -0.2) is 0 Å². The average molecular weight is 405 g/mol. The summed E-state index contributed by atoms with van der Waals surface area (Å²) in [4.78, 5) is 47.8. The maximum absolute atomic E-state index is 12.8. The molecule has 1 aromatic rings. The lowest BCUT2D eigenvalue weighted by Gasteiger charge is -2.24. The molecule has 0 aromatic heterocycles. The summed E-state index contributed by atoms with van der Waals surface area (Å²) in [6, 6.07) is 5.78. The van der Waals surface area contributed by atoms with Gasteiger partial charge in [-0.1, -0.05) is 18.9 Å². The summed E-state index contributed by atoms with van der Waals surface area (Å²) in [5.41, 5.74) is 1.82. The number of hydrogen-bond acceptors (Lipinski definition) is 5. The van der Waals surface area contributed by atoms with Gasteiger partial charge in [0.1, 0.15) is 6.29 Å². The van der Waals surface area contributed by atoms with Crippen LogP contribution in [-0.2, 0) is 20.9 Å². The normalized spacial score (nSPS) is 13.9. The second-order valence-corrected chi connectivity index (χ2v) is 8.14. The number of aldehydes is 1. The van der Waals surface area contributed by atoms with E-state index >= 15 is 0 Å². The molecule has 0 fully saturated rings. The van der Waals surface area contributed by atoms with Gasteiger partial charge < -0.3 is 9.69 Å². The smallest absolute Gasteiger partial charge is 0.254 e. The average Bonchev–Trinajstić information content (AvgIpc) is 3.03. The fourth-order valence-corrected chi connectivity index (χ4v) is 4.41. The Morgan fingerprint density at radius 3 is 2.79 bits per heavy atom. The topological polar surface area (TPSA) is 83.6 Å². The first-order valence-corrected chi connectivity index (χ1v) is 10.8. The summed E-state index contributed by atoms with van der Waals surface area (Å²) in [5.74, 6) is 0.678. The quantitative estimate of drug-likeness (QED) is 0.310. The molecular formula is C21H28N2O4S. The van der Waals surface area contributed by atoms with Crippen LogP contribution in [0, 0.1) is 0 Å². The highest BCUT2D eigenvalue weighted by Gasteiger charge is 2.32. The zero-order chi connectivity index (χ0) is 20.4. The zero-order valence-electron chi connectivity index (χ0n) is 16.3. The maximum atomic E-state index is 12.8. The molecule has 3 amide bonds. The summed E-state index contributed by atoms with van der Waals surface area (Å²) in [5, 5.41) is 2.13. The Morgan fingerprint density at radius 2 is 2.04 bits per heavy atom. The summed E-state index contributed by atoms with van der Waals surface area (Å²) in [6.45, 7) is 2.50. The molecule has 1 atom stereocenters. The molecule has 28 heavy (non-hydrogen) atoms. The fraction of sp³-hybridized carbons (Fsp3) is 0.524. The van der Waals surface area contributed by atoms with E-state index in [9.17, 15) is 19.2 Å². The number of carbonyl (C=O) groups excluding carboxylic acids is 4. The molecule has 1 unspecified atom stereocenters. The van der Waals surface area contributed by atoms with Crippen molar-refractivity contribution in [3.8, 4) is 0 Å². The lowest BCUT2D eigenvalue weighted by molar-refractivity contribution is -0.125. The minimum Gasteiger partial charge on any atom is -0.332 e. The summed E-state index contributed by atoms with van der Waals surface area (Å²) >= 11 is 1.78. The van der Waals surface area contributed by atoms with E-state index < -0.39 is 0 Å². The van der Waals surface area contributed by atoms with Crippen molar-refractivity contribution in [3.63, 3.8) is 0 Å². The van der Waals surface area contributed by atoms with Gasteiger partial charge in [0.2, 0.25) is 12.3 Å². The molecule has 0 bridgehead atoms. The Labute approximate surface area is 170 Å². The predicted molar refractivity (Wildman–Crippen MR) is 109 cm³/mol. The third-order valence-corrected chi connectivity index (χ3v) is 6.15. The molecule has 1 heterocycles. The van der Waals surface area contributed by atoms with Crippen LogP contribution in [0.1, 0.15) is 67.8 Å². The summed E-state index contributed by atoms with van der Waals surface area (Å²) < 4.78 is 0. The highest BCUT2D eigenvalue weighted by molar-refractivity contribution is 7.99. The second kappa shape index (κ2) is 11.6. The molecule has 0 saturated carbocycles. The van der Waals surface area contributed by atoms with Crippen LogP contribution in [0.5, 0.6) is 0 Å². The van der Waals surface area contributed by atoms with Crippen molar-refractivity contribution in [1.29, 1.82) is 0 Å². The maximum Gasteiger partial charge on any atom is 0.254 e. The SMILES string of the molecule is CC(CCC(=O)NC=O)N1Cc2c(SCCCCCCC=O)cccc2C1=O. The first kappa shape index (κ1) is 22.1. The van der Waals surface area contributed by atoms with E-state index in [2.05, 4.69) is 11.4 Å². The van der Waals surface area contributed by atoms with Crippen LogP contribution in [-0.4, -0.2) is 41.2 Å². The molecule has 0 spiro atoms. The van der Waals surface area contributed by atoms with Crippen molar-refractivity contribution in [2.24, 2.45) is 0 Å². The van der Waals surface area contributed by atoms with Gasteiger partial charge in [-0.15, -0.1) is 11.8 Å². The Kier molecular flexibility index (Phi) is 9.20. The van der Waals surface area contributed by atoms with Crippen molar-refractivity contribution in [1.82, 2.24) is 10.2 Å². The standard InChI is InChI=1S/C21H28N2O4S/c1-16(10-11-20(26)22-15-25)23-14-18-17(21(23)27)8-7-9-19(18)28-13-6-4-2-3-5-12-24/h7-9,12,15-16H,2-6,10-11,13-14H2,1H3,(H,22,25,26). The molecule has 2 rings (SSSR count). The van der Waals surface area contributed by atoms with Crippen LogP contribution in [0.25, 0.3) is 0 Å². The molecule has 0 radical (unpaired) electrons. The van der Waals surface area contributed by atoms with Crippen molar-refractivity contribution < 1.29 is 19.2 Å². The van der Waals surface area contributed by atoms with E-state index in [0.717, 1.165) is 53.7 Å². The van der Waals surface area contributed by atoms with Gasteiger partial charge in [0.25, 0.3) is 5.91 Å². The first-order valence-electron chi connectivity index (χ1n) is 9.80. The molecule has 7 heteroatoms. The number of rotatable bonds is 13. The number of amides is 3. The number of unbranched alkanes of at least 4 members (excludes halogenated alkanes) is 4. The van der Waals surface area contributed by atoms with Crippen LogP contribution < -0.4 is 5.32 Å². The van der Waals surface area contributed by atoms with E-state index in [1.54, 1.807) is 11.8 Å². The van der Waals surface area contributed by atoms with Crippen LogP contribution >= 0.6 is 11.8 Å². The number of nitrogens with zero attached hydrogens (tertiary/aromatic N) is 1. The van der Waals surface area contributed by atoms with Crippen LogP contribution in [0.4, 0.5) is 0 Å². The molecule has 0 saturated heterocycles. The lowest BCUT2D eigenvalue weighted by Crippen LogP contribution is -2.34. The molecule has 1 aliphatic heterocycles. The molecule has 1 N–H and O–H groups in total. The van der Waals surface area contributed by atoms with Gasteiger partial charge in [0.15, 0.2) is 0 Å². The number of hydrogen-bond donors (Lipinski definition) is 1. The van der Waals surface area contributed by atoms with Crippen molar-refractivity contribution in [3.05, 3.63) is 29.3 Å². The van der Waals surface area contributed by atoms with E-state index in [1.807, 2.05) is 24.0 Å². The molecule has 1 aliphatic rings. The zero-order valence-corrected chi connectivity index (χ0v) is 17.1. The van der Waals surface area contributed by atoms with Gasteiger partial charge in [0, 0.05) is 35.9 Å². The predicted octanol–water partition coefficient (Wildman–Crippen LogP) is 3.33. The summed E-state index contributed by atoms with van der Waals surface area (Å²) in [7, 11) is 0. The third kappa shape index (κ3) is 6.19. The molecule has 0 aliphatic carbocycles. The Bertz CT molecular complexity index is 708. The molecule has 6 nitrogen and oxygen atoms in total. The number of carbonyl (C=O) groups is 4. The van der Waals surface area contributed by atoms with Crippen molar-refractivity contribution in [2.45, 2.75) is 69.4 Å². The van der Waals surface area contributed by atoms with E-state index in [0.29, 0.717) is 25.8 Å².